The molecule has 13 heavy (non-hydrogen) atoms. The van der Waals surface area contributed by atoms with E-state index in [1.165, 1.54) is 25.9 Å². The van der Waals surface area contributed by atoms with Crippen molar-refractivity contribution in [1.82, 2.24) is 4.90 Å². The lowest BCUT2D eigenvalue weighted by Gasteiger charge is -2.11. The first kappa shape index (κ1) is 8.78. The quantitative estimate of drug-likeness (QED) is 0.765. The Hall–Kier alpha value is -0.800. The van der Waals surface area contributed by atoms with Gasteiger partial charge in [0.1, 0.15) is 18.1 Å². The lowest BCUT2D eigenvalue weighted by molar-refractivity contribution is 0.232. The molecule has 0 amide bonds. The maximum absolute atomic E-state index is 8.80. The first-order chi connectivity index (χ1) is 6.38. The van der Waals surface area contributed by atoms with Crippen LogP contribution in [0.25, 0.3) is 0 Å². The molecular weight excluding hydrogens is 166 g/mol. The number of aliphatic hydroxyl groups excluding tert-OH is 1. The maximum atomic E-state index is 8.80. The molecule has 0 bridgehead atoms. The summed E-state index contributed by atoms with van der Waals surface area (Å²) >= 11 is 0. The number of likely N-dealkylation sites (tertiary alicyclic amines) is 1. The van der Waals surface area contributed by atoms with Crippen LogP contribution in [0.3, 0.4) is 0 Å². The third-order valence-corrected chi connectivity index (χ3v) is 2.45. The topological polar surface area (TPSA) is 36.6 Å². The van der Waals surface area contributed by atoms with E-state index in [-0.39, 0.29) is 6.61 Å². The van der Waals surface area contributed by atoms with Crippen molar-refractivity contribution in [3.8, 4) is 0 Å². The van der Waals surface area contributed by atoms with Gasteiger partial charge in [0.25, 0.3) is 0 Å². The zero-order chi connectivity index (χ0) is 9.10. The lowest BCUT2D eigenvalue weighted by Crippen LogP contribution is -2.17. The van der Waals surface area contributed by atoms with Gasteiger partial charge in [-0.05, 0) is 38.1 Å². The van der Waals surface area contributed by atoms with Gasteiger partial charge in [0.15, 0.2) is 0 Å². The highest BCUT2D eigenvalue weighted by molar-refractivity contribution is 5.06. The Balaban J connectivity index is 1.92. The summed E-state index contributed by atoms with van der Waals surface area (Å²) in [6.45, 7) is 3.24. The Labute approximate surface area is 78.0 Å². The van der Waals surface area contributed by atoms with Crippen molar-refractivity contribution >= 4 is 0 Å². The molecule has 2 heterocycles. The number of rotatable bonds is 3. The van der Waals surface area contributed by atoms with E-state index >= 15 is 0 Å². The van der Waals surface area contributed by atoms with Gasteiger partial charge in [0, 0.05) is 0 Å². The summed E-state index contributed by atoms with van der Waals surface area (Å²) in [5, 5.41) is 8.80. The van der Waals surface area contributed by atoms with E-state index in [9.17, 15) is 0 Å². The van der Waals surface area contributed by atoms with Crippen LogP contribution in [0, 0.1) is 0 Å². The summed E-state index contributed by atoms with van der Waals surface area (Å²) in [6, 6.07) is 3.79. The molecule has 1 aliphatic rings. The number of hydrogen-bond donors (Lipinski definition) is 1. The predicted octanol–water partition coefficient (Wildman–Crippen LogP) is 1.37. The highest BCUT2D eigenvalue weighted by Crippen LogP contribution is 2.14. The highest BCUT2D eigenvalue weighted by Gasteiger charge is 2.13. The van der Waals surface area contributed by atoms with E-state index in [0.29, 0.717) is 5.76 Å². The van der Waals surface area contributed by atoms with Crippen LogP contribution in [0.4, 0.5) is 0 Å². The third kappa shape index (κ3) is 2.11. The average Bonchev–Trinajstić information content (AvgIpc) is 2.76. The van der Waals surface area contributed by atoms with Gasteiger partial charge in [0.2, 0.25) is 0 Å². The van der Waals surface area contributed by atoms with Crippen molar-refractivity contribution in [2.24, 2.45) is 0 Å². The van der Waals surface area contributed by atoms with E-state index in [0.717, 1.165) is 12.3 Å². The van der Waals surface area contributed by atoms with Gasteiger partial charge in [-0.15, -0.1) is 0 Å². The monoisotopic (exact) mass is 181 g/mol. The molecule has 3 nitrogen and oxygen atoms in total. The summed E-state index contributed by atoms with van der Waals surface area (Å²) in [7, 11) is 0. The smallest absolute Gasteiger partial charge is 0.129 e. The molecule has 1 aliphatic heterocycles. The van der Waals surface area contributed by atoms with Crippen molar-refractivity contribution in [2.45, 2.75) is 26.0 Å². The van der Waals surface area contributed by atoms with Crippen LogP contribution >= 0.6 is 0 Å². The maximum Gasteiger partial charge on any atom is 0.129 e. The molecule has 0 saturated carbocycles. The molecule has 1 aromatic rings. The van der Waals surface area contributed by atoms with Crippen molar-refractivity contribution in [3.05, 3.63) is 23.7 Å². The number of aliphatic hydroxyl groups is 1. The second kappa shape index (κ2) is 3.94. The Morgan fingerprint density at radius 3 is 2.54 bits per heavy atom. The molecule has 0 atom stereocenters. The van der Waals surface area contributed by atoms with Crippen LogP contribution in [0.2, 0.25) is 0 Å². The fraction of sp³-hybridized carbons (Fsp3) is 0.600. The Morgan fingerprint density at radius 2 is 1.92 bits per heavy atom. The molecule has 1 aromatic heterocycles. The van der Waals surface area contributed by atoms with Gasteiger partial charge in [0.05, 0.1) is 6.54 Å². The standard InChI is InChI=1S/C10H15NO2/c12-8-10-4-3-9(13-10)7-11-5-1-2-6-11/h3-4,12H,1-2,5-8H2. The molecule has 2 rings (SSSR count). The van der Waals surface area contributed by atoms with Crippen molar-refractivity contribution in [2.75, 3.05) is 13.1 Å². The van der Waals surface area contributed by atoms with Gasteiger partial charge in [-0.1, -0.05) is 0 Å². The first-order valence-corrected chi connectivity index (χ1v) is 4.79. The Morgan fingerprint density at radius 1 is 1.23 bits per heavy atom. The average molecular weight is 181 g/mol. The summed E-state index contributed by atoms with van der Waals surface area (Å²) in [5.74, 6) is 1.63. The second-order valence-corrected chi connectivity index (χ2v) is 3.51. The molecule has 1 fully saturated rings. The molecule has 0 aliphatic carbocycles. The fourth-order valence-electron chi connectivity index (χ4n) is 1.75. The molecule has 0 radical (unpaired) electrons. The van der Waals surface area contributed by atoms with E-state index in [2.05, 4.69) is 4.90 Å². The van der Waals surface area contributed by atoms with Crippen LogP contribution in [-0.4, -0.2) is 23.1 Å². The van der Waals surface area contributed by atoms with E-state index in [1.807, 2.05) is 12.1 Å². The van der Waals surface area contributed by atoms with E-state index in [1.54, 1.807) is 0 Å². The molecule has 1 saturated heterocycles. The van der Waals surface area contributed by atoms with Gasteiger partial charge >= 0.3 is 0 Å². The summed E-state index contributed by atoms with van der Waals surface area (Å²) < 4.78 is 5.40. The minimum atomic E-state index is 0. The van der Waals surface area contributed by atoms with Crippen LogP contribution < -0.4 is 0 Å². The Bertz CT molecular complexity index is 264. The minimum absolute atomic E-state index is 0. The molecule has 1 N–H and O–H groups in total. The molecule has 0 spiro atoms. The summed E-state index contributed by atoms with van der Waals surface area (Å²) in [6.07, 6.45) is 2.60. The zero-order valence-corrected chi connectivity index (χ0v) is 7.70. The van der Waals surface area contributed by atoms with Crippen LogP contribution in [0.15, 0.2) is 16.5 Å². The number of furan rings is 1. The fourth-order valence-corrected chi connectivity index (χ4v) is 1.75. The molecule has 0 aromatic carbocycles. The molecule has 72 valence electrons. The van der Waals surface area contributed by atoms with E-state index < -0.39 is 0 Å². The third-order valence-electron chi connectivity index (χ3n) is 2.45. The van der Waals surface area contributed by atoms with Gasteiger partial charge < -0.3 is 9.52 Å². The summed E-state index contributed by atoms with van der Waals surface area (Å²) in [4.78, 5) is 2.37. The number of nitrogens with zero attached hydrogens (tertiary/aromatic N) is 1. The van der Waals surface area contributed by atoms with Gasteiger partial charge in [-0.2, -0.15) is 0 Å². The van der Waals surface area contributed by atoms with E-state index in [4.69, 9.17) is 9.52 Å². The second-order valence-electron chi connectivity index (χ2n) is 3.51. The SMILES string of the molecule is OCc1ccc(CN2CCCC2)o1. The summed E-state index contributed by atoms with van der Waals surface area (Å²) in [5.41, 5.74) is 0. The van der Waals surface area contributed by atoms with Crippen LogP contribution in [0.1, 0.15) is 24.4 Å². The van der Waals surface area contributed by atoms with Crippen molar-refractivity contribution < 1.29 is 9.52 Å². The Kier molecular flexibility index (Phi) is 2.66. The van der Waals surface area contributed by atoms with Crippen molar-refractivity contribution in [1.29, 1.82) is 0 Å². The minimum Gasteiger partial charge on any atom is -0.462 e. The first-order valence-electron chi connectivity index (χ1n) is 4.79. The lowest BCUT2D eigenvalue weighted by atomic mass is 10.4. The predicted molar refractivity (Wildman–Crippen MR) is 49.1 cm³/mol. The normalized spacial score (nSPS) is 18.2. The van der Waals surface area contributed by atoms with Gasteiger partial charge in [-0.3, -0.25) is 4.90 Å². The molecule has 0 unspecified atom stereocenters. The van der Waals surface area contributed by atoms with Crippen LogP contribution in [-0.2, 0) is 13.2 Å². The molecule has 3 heteroatoms. The van der Waals surface area contributed by atoms with Crippen molar-refractivity contribution in [3.63, 3.8) is 0 Å². The number of hydrogen-bond acceptors (Lipinski definition) is 3. The highest BCUT2D eigenvalue weighted by atomic mass is 16.4. The molecular formula is C10H15NO2. The largest absolute Gasteiger partial charge is 0.462 e. The zero-order valence-electron chi connectivity index (χ0n) is 7.70. The van der Waals surface area contributed by atoms with Crippen LogP contribution in [0.5, 0.6) is 0 Å². The van der Waals surface area contributed by atoms with Gasteiger partial charge in [-0.25, -0.2) is 0 Å².